The van der Waals surface area contributed by atoms with Gasteiger partial charge in [0.1, 0.15) is 0 Å². The van der Waals surface area contributed by atoms with Gasteiger partial charge in [-0.2, -0.15) is 0 Å². The molecule has 18 heavy (non-hydrogen) atoms. The third kappa shape index (κ3) is 6.30. The van der Waals surface area contributed by atoms with Crippen LogP contribution in [0.25, 0.3) is 0 Å². The number of hydrogen-bond acceptors (Lipinski definition) is 5. The molecule has 0 saturated heterocycles. The summed E-state index contributed by atoms with van der Waals surface area (Å²) in [6, 6.07) is 0. The van der Waals surface area contributed by atoms with E-state index in [-0.39, 0.29) is 24.9 Å². The van der Waals surface area contributed by atoms with Gasteiger partial charge in [-0.15, -0.1) is 23.7 Å². The minimum absolute atomic E-state index is 0. The van der Waals surface area contributed by atoms with Crippen LogP contribution in [0.2, 0.25) is 0 Å². The van der Waals surface area contributed by atoms with E-state index >= 15 is 0 Å². The van der Waals surface area contributed by atoms with Gasteiger partial charge in [-0.1, -0.05) is 13.8 Å². The normalized spacial score (nSPS) is 10.2. The van der Waals surface area contributed by atoms with E-state index in [0.717, 1.165) is 5.69 Å². The summed E-state index contributed by atoms with van der Waals surface area (Å²) < 4.78 is 4.87. The van der Waals surface area contributed by atoms with Crippen molar-refractivity contribution < 1.29 is 9.53 Å². The Bertz CT molecular complexity index is 358. The summed E-state index contributed by atoms with van der Waals surface area (Å²) in [4.78, 5) is 15.8. The fourth-order valence-electron chi connectivity index (χ4n) is 1.15. The number of ether oxygens (including phenoxy) is 1. The number of nitrogens with one attached hydrogen (secondary N) is 2. The molecule has 1 rings (SSSR count). The molecule has 0 saturated carbocycles. The van der Waals surface area contributed by atoms with E-state index in [1.165, 1.54) is 11.3 Å². The Balaban J connectivity index is 0.00000289. The number of rotatable bonds is 7. The van der Waals surface area contributed by atoms with Gasteiger partial charge in [0.25, 0.3) is 0 Å². The number of hydrogen-bond donors (Lipinski definition) is 2. The Morgan fingerprint density at radius 1 is 1.56 bits per heavy atom. The lowest BCUT2D eigenvalue weighted by molar-refractivity contribution is -0.115. The van der Waals surface area contributed by atoms with Crippen molar-refractivity contribution in [3.8, 4) is 0 Å². The molecule has 1 aromatic rings. The highest BCUT2D eigenvalue weighted by atomic mass is 35.5. The van der Waals surface area contributed by atoms with Crippen LogP contribution < -0.4 is 10.6 Å². The van der Waals surface area contributed by atoms with Gasteiger partial charge < -0.3 is 15.4 Å². The van der Waals surface area contributed by atoms with Gasteiger partial charge in [0.05, 0.1) is 18.8 Å². The van der Waals surface area contributed by atoms with Gasteiger partial charge in [0.15, 0.2) is 5.13 Å². The van der Waals surface area contributed by atoms with Gasteiger partial charge in [-0.3, -0.25) is 4.79 Å². The lowest BCUT2D eigenvalue weighted by atomic mass is 10.2. The molecule has 1 amide bonds. The minimum atomic E-state index is -0.0780. The van der Waals surface area contributed by atoms with Crippen molar-refractivity contribution in [1.82, 2.24) is 10.3 Å². The molecule has 5 nitrogen and oxygen atoms in total. The number of halogens is 1. The molecule has 1 aromatic heterocycles. The molecule has 0 aliphatic carbocycles. The second-order valence-electron chi connectivity index (χ2n) is 3.95. The zero-order chi connectivity index (χ0) is 12.7. The number of anilines is 1. The smallest absolute Gasteiger partial charge is 0.240 e. The quantitative estimate of drug-likeness (QED) is 0.753. The molecule has 0 aromatic carbocycles. The van der Waals surface area contributed by atoms with E-state index in [0.29, 0.717) is 24.2 Å². The first-order valence-corrected chi connectivity index (χ1v) is 6.46. The molecule has 0 aliphatic heterocycles. The molecule has 0 unspecified atom stereocenters. The lowest BCUT2D eigenvalue weighted by Gasteiger charge is -2.03. The SMILES string of the molecule is COCCNCC(=O)Nc1nc(C(C)C)cs1.Cl. The zero-order valence-electron chi connectivity index (χ0n) is 10.9. The molecule has 0 radical (unpaired) electrons. The molecule has 1 heterocycles. The predicted octanol–water partition coefficient (Wildman–Crippen LogP) is 1.86. The van der Waals surface area contributed by atoms with Crippen LogP contribution in [0, 0.1) is 0 Å². The van der Waals surface area contributed by atoms with Crippen LogP contribution in [0.1, 0.15) is 25.5 Å². The average molecular weight is 294 g/mol. The molecule has 0 atom stereocenters. The fraction of sp³-hybridized carbons (Fsp3) is 0.636. The summed E-state index contributed by atoms with van der Waals surface area (Å²) in [7, 11) is 1.63. The number of carbonyl (C=O) groups excluding carboxylic acids is 1. The van der Waals surface area contributed by atoms with Crippen LogP contribution in [0.15, 0.2) is 5.38 Å². The maximum absolute atomic E-state index is 11.5. The van der Waals surface area contributed by atoms with Crippen molar-refractivity contribution in [3.05, 3.63) is 11.1 Å². The standard InChI is InChI=1S/C11H19N3O2S.ClH/c1-8(2)9-7-17-11(13-9)14-10(15)6-12-4-5-16-3;/h7-8,12H,4-6H2,1-3H3,(H,13,14,15);1H. The Hall–Kier alpha value is -0.690. The van der Waals surface area contributed by atoms with Gasteiger partial charge in [0, 0.05) is 19.0 Å². The minimum Gasteiger partial charge on any atom is -0.383 e. The summed E-state index contributed by atoms with van der Waals surface area (Å²) >= 11 is 1.45. The van der Waals surface area contributed by atoms with Crippen LogP contribution in [0.5, 0.6) is 0 Å². The Labute approximate surface area is 118 Å². The second kappa shape index (κ2) is 9.27. The van der Waals surface area contributed by atoms with Gasteiger partial charge in [-0.25, -0.2) is 4.98 Å². The molecule has 0 spiro atoms. The number of aromatic nitrogens is 1. The molecule has 2 N–H and O–H groups in total. The monoisotopic (exact) mass is 293 g/mol. The van der Waals surface area contributed by atoms with Crippen LogP contribution in [-0.4, -0.2) is 37.7 Å². The Morgan fingerprint density at radius 3 is 2.83 bits per heavy atom. The molecule has 104 valence electrons. The molecular weight excluding hydrogens is 274 g/mol. The van der Waals surface area contributed by atoms with E-state index in [9.17, 15) is 4.79 Å². The van der Waals surface area contributed by atoms with E-state index in [4.69, 9.17) is 4.74 Å². The molecule has 0 bridgehead atoms. The topological polar surface area (TPSA) is 63.2 Å². The van der Waals surface area contributed by atoms with Crippen LogP contribution >= 0.6 is 23.7 Å². The number of thiazole rings is 1. The van der Waals surface area contributed by atoms with E-state index < -0.39 is 0 Å². The van der Waals surface area contributed by atoms with Crippen molar-refractivity contribution in [3.63, 3.8) is 0 Å². The summed E-state index contributed by atoms with van der Waals surface area (Å²) in [6.07, 6.45) is 0. The molecule has 0 fully saturated rings. The Kier molecular flexibility index (Phi) is 8.91. The lowest BCUT2D eigenvalue weighted by Crippen LogP contribution is -2.30. The highest BCUT2D eigenvalue weighted by Gasteiger charge is 2.08. The summed E-state index contributed by atoms with van der Waals surface area (Å²) in [5, 5.41) is 8.37. The summed E-state index contributed by atoms with van der Waals surface area (Å²) in [5.41, 5.74) is 1.01. The maximum atomic E-state index is 11.5. The number of methoxy groups -OCH3 is 1. The average Bonchev–Trinajstić information content (AvgIpc) is 2.73. The van der Waals surface area contributed by atoms with E-state index in [1.54, 1.807) is 7.11 Å². The number of nitrogens with zero attached hydrogens (tertiary/aromatic N) is 1. The van der Waals surface area contributed by atoms with Crippen LogP contribution in [0.3, 0.4) is 0 Å². The predicted molar refractivity (Wildman–Crippen MR) is 76.8 cm³/mol. The van der Waals surface area contributed by atoms with E-state index in [1.807, 2.05) is 5.38 Å². The van der Waals surface area contributed by atoms with Gasteiger partial charge in [-0.05, 0) is 5.92 Å². The highest BCUT2D eigenvalue weighted by Crippen LogP contribution is 2.21. The van der Waals surface area contributed by atoms with Crippen molar-refractivity contribution >= 4 is 34.8 Å². The summed E-state index contributed by atoms with van der Waals surface area (Å²) in [5.74, 6) is 0.308. The van der Waals surface area contributed by atoms with Crippen molar-refractivity contribution in [2.75, 3.05) is 32.1 Å². The van der Waals surface area contributed by atoms with Gasteiger partial charge in [0.2, 0.25) is 5.91 Å². The fourth-order valence-corrected chi connectivity index (χ4v) is 2.04. The van der Waals surface area contributed by atoms with Crippen molar-refractivity contribution in [2.45, 2.75) is 19.8 Å². The van der Waals surface area contributed by atoms with Crippen LogP contribution in [0.4, 0.5) is 5.13 Å². The Morgan fingerprint density at radius 2 is 2.28 bits per heavy atom. The first-order chi connectivity index (χ1) is 8.13. The molecule has 7 heteroatoms. The largest absolute Gasteiger partial charge is 0.383 e. The number of carbonyl (C=O) groups is 1. The summed E-state index contributed by atoms with van der Waals surface area (Å²) in [6.45, 7) is 5.70. The molecule has 0 aliphatic rings. The van der Waals surface area contributed by atoms with Gasteiger partial charge >= 0.3 is 0 Å². The van der Waals surface area contributed by atoms with Crippen molar-refractivity contribution in [1.29, 1.82) is 0 Å². The first-order valence-electron chi connectivity index (χ1n) is 5.58. The van der Waals surface area contributed by atoms with E-state index in [2.05, 4.69) is 29.5 Å². The third-order valence-electron chi connectivity index (χ3n) is 2.13. The number of amides is 1. The maximum Gasteiger partial charge on any atom is 0.240 e. The first kappa shape index (κ1) is 17.3. The molecular formula is C11H20ClN3O2S. The van der Waals surface area contributed by atoms with Crippen LogP contribution in [-0.2, 0) is 9.53 Å². The second-order valence-corrected chi connectivity index (χ2v) is 4.81. The third-order valence-corrected chi connectivity index (χ3v) is 2.90. The highest BCUT2D eigenvalue weighted by molar-refractivity contribution is 7.13. The zero-order valence-corrected chi connectivity index (χ0v) is 12.5. The van der Waals surface area contributed by atoms with Crippen molar-refractivity contribution in [2.24, 2.45) is 0 Å².